The minimum absolute atomic E-state index is 0.0121. The van der Waals surface area contributed by atoms with E-state index < -0.39 is 32.2 Å². The summed E-state index contributed by atoms with van der Waals surface area (Å²) in [7, 11) is -6.15. The fourth-order valence-electron chi connectivity index (χ4n) is 4.56. The second-order valence-corrected chi connectivity index (χ2v) is 15.2. The summed E-state index contributed by atoms with van der Waals surface area (Å²) in [5.41, 5.74) is 1.62. The van der Waals surface area contributed by atoms with Gasteiger partial charge in [0, 0.05) is 30.8 Å². The number of nitrogens with zero attached hydrogens (tertiary/aromatic N) is 2. The summed E-state index contributed by atoms with van der Waals surface area (Å²) >= 11 is 1.13. The molecular formula is C28H35N3O7S3. The van der Waals surface area contributed by atoms with E-state index in [0.29, 0.717) is 11.3 Å². The Labute approximate surface area is 245 Å². The summed E-state index contributed by atoms with van der Waals surface area (Å²) < 4.78 is 62.7. The normalized spacial score (nSPS) is 19.1. The Balaban J connectivity index is 1.68. The van der Waals surface area contributed by atoms with Crippen molar-refractivity contribution >= 4 is 43.0 Å². The first-order chi connectivity index (χ1) is 19.3. The Morgan fingerprint density at radius 1 is 1.15 bits per heavy atom. The molecule has 0 unspecified atom stereocenters. The minimum atomic E-state index is -3.89. The molecule has 222 valence electrons. The lowest BCUT2D eigenvalue weighted by Crippen LogP contribution is -2.48. The molecule has 13 heteroatoms. The lowest BCUT2D eigenvalue weighted by Gasteiger charge is -2.33. The zero-order valence-corrected chi connectivity index (χ0v) is 25.8. The number of aliphatic hydroxyl groups is 1. The van der Waals surface area contributed by atoms with Gasteiger partial charge in [-0.2, -0.15) is 4.31 Å². The van der Waals surface area contributed by atoms with Crippen molar-refractivity contribution in [2.75, 3.05) is 31.5 Å². The highest BCUT2D eigenvalue weighted by Crippen LogP contribution is 2.31. The first kappa shape index (κ1) is 31.0. The third kappa shape index (κ3) is 7.09. The fourth-order valence-corrected chi connectivity index (χ4v) is 7.99. The number of carbonyl (C=O) groups is 1. The molecule has 3 atom stereocenters. The smallest absolute Gasteiger partial charge is 0.261 e. The van der Waals surface area contributed by atoms with Gasteiger partial charge in [-0.05, 0) is 55.6 Å². The molecule has 0 aliphatic carbocycles. The molecule has 1 aliphatic heterocycles. The average Bonchev–Trinajstić information content (AvgIpc) is 3.48. The van der Waals surface area contributed by atoms with E-state index in [-0.39, 0.29) is 52.7 Å². The topological polar surface area (TPSA) is 133 Å². The third-order valence-corrected chi connectivity index (χ3v) is 11.7. The van der Waals surface area contributed by atoms with Crippen molar-refractivity contribution in [3.8, 4) is 5.75 Å². The number of thiophene rings is 1. The number of hydrogen-bond acceptors (Lipinski definition) is 8. The molecule has 2 N–H and O–H groups in total. The lowest BCUT2D eigenvalue weighted by molar-refractivity contribution is -0.134. The van der Waals surface area contributed by atoms with Crippen LogP contribution in [0.4, 0.5) is 5.69 Å². The molecule has 0 saturated carbocycles. The summed E-state index contributed by atoms with van der Waals surface area (Å²) in [6.07, 6.45) is -0.745. The molecule has 1 aliphatic rings. The van der Waals surface area contributed by atoms with Crippen molar-refractivity contribution in [1.29, 1.82) is 0 Å². The number of amides is 1. The molecule has 10 nitrogen and oxygen atoms in total. The largest absolute Gasteiger partial charge is 0.488 e. The van der Waals surface area contributed by atoms with Crippen molar-refractivity contribution in [1.82, 2.24) is 9.21 Å². The minimum Gasteiger partial charge on any atom is -0.488 e. The van der Waals surface area contributed by atoms with Gasteiger partial charge in [0.25, 0.3) is 20.0 Å². The van der Waals surface area contributed by atoms with Crippen molar-refractivity contribution in [2.24, 2.45) is 5.92 Å². The molecule has 2 heterocycles. The molecule has 1 aromatic heterocycles. The highest BCUT2D eigenvalue weighted by Gasteiger charge is 2.34. The van der Waals surface area contributed by atoms with Crippen LogP contribution in [-0.2, 0) is 31.3 Å². The number of fused-ring (bicyclic) bond motifs is 1. The zero-order chi connectivity index (χ0) is 29.9. The van der Waals surface area contributed by atoms with E-state index >= 15 is 0 Å². The molecule has 41 heavy (non-hydrogen) atoms. The van der Waals surface area contributed by atoms with E-state index in [4.69, 9.17) is 4.74 Å². The van der Waals surface area contributed by atoms with Gasteiger partial charge in [0.1, 0.15) is 16.1 Å². The van der Waals surface area contributed by atoms with Gasteiger partial charge in [-0.1, -0.05) is 30.7 Å². The first-order valence-electron chi connectivity index (χ1n) is 13.1. The number of rotatable bonds is 9. The van der Waals surface area contributed by atoms with Crippen molar-refractivity contribution < 1.29 is 31.5 Å². The number of benzene rings is 2. The van der Waals surface area contributed by atoms with Crippen LogP contribution in [0.15, 0.2) is 69.1 Å². The summed E-state index contributed by atoms with van der Waals surface area (Å²) in [5.74, 6) is -0.212. The lowest BCUT2D eigenvalue weighted by atomic mass is 10.0. The number of aryl methyl sites for hydroxylation is 1. The number of ether oxygens (including phenoxy) is 1. The van der Waals surface area contributed by atoms with E-state index in [2.05, 4.69) is 4.72 Å². The summed E-state index contributed by atoms with van der Waals surface area (Å²) in [5, 5.41) is 11.5. The molecule has 3 aromatic rings. The molecule has 0 fully saturated rings. The second-order valence-electron chi connectivity index (χ2n) is 10.3. The average molecular weight is 622 g/mol. The van der Waals surface area contributed by atoms with E-state index in [0.717, 1.165) is 16.9 Å². The molecule has 0 bridgehead atoms. The predicted molar refractivity (Wildman–Crippen MR) is 158 cm³/mol. The van der Waals surface area contributed by atoms with Gasteiger partial charge in [-0.3, -0.25) is 9.52 Å². The molecule has 4 rings (SSSR count). The molecule has 1 amide bonds. The molecule has 0 saturated heterocycles. The van der Waals surface area contributed by atoms with E-state index in [1.807, 2.05) is 13.8 Å². The van der Waals surface area contributed by atoms with Crippen molar-refractivity contribution in [2.45, 2.75) is 48.4 Å². The van der Waals surface area contributed by atoms with Gasteiger partial charge < -0.3 is 14.7 Å². The van der Waals surface area contributed by atoms with Crippen molar-refractivity contribution in [3.63, 3.8) is 0 Å². The number of sulfonamides is 2. The second kappa shape index (κ2) is 12.5. The van der Waals surface area contributed by atoms with Gasteiger partial charge in [-0.15, -0.1) is 11.3 Å². The monoisotopic (exact) mass is 621 g/mol. The molecule has 2 aromatic carbocycles. The number of likely N-dealkylation sites (N-methyl/N-ethyl adjacent to an activating group) is 1. The van der Waals surface area contributed by atoms with Gasteiger partial charge >= 0.3 is 0 Å². The third-order valence-electron chi connectivity index (χ3n) is 7.10. The van der Waals surface area contributed by atoms with Crippen LogP contribution in [0, 0.1) is 12.8 Å². The Morgan fingerprint density at radius 2 is 1.85 bits per heavy atom. The van der Waals surface area contributed by atoms with Crippen LogP contribution in [0.3, 0.4) is 0 Å². The van der Waals surface area contributed by atoms with Gasteiger partial charge in [0.15, 0.2) is 0 Å². The maximum absolute atomic E-state index is 13.4. The summed E-state index contributed by atoms with van der Waals surface area (Å²) in [6.45, 7) is 5.47. The van der Waals surface area contributed by atoms with Crippen LogP contribution >= 0.6 is 11.3 Å². The number of nitrogens with one attached hydrogen (secondary N) is 1. The molecular weight excluding hydrogens is 587 g/mol. The van der Waals surface area contributed by atoms with Crippen LogP contribution in [0.5, 0.6) is 5.75 Å². The standard InChI is InChI=1S/C28H35N3O7S3/c1-19-7-10-24(11-8-19)40(34,35)29-23-9-12-25-22(14-23)15-27(33)31(21(3)18-32)16-20(2)26(38-25)17-30(4)41(36,37)28-6-5-13-39-28/h5-14,20-21,26,29,32H,15-18H2,1-4H3/t20-,21-,26-/m1/s1. The summed E-state index contributed by atoms with van der Waals surface area (Å²) in [4.78, 5) is 15.1. The Hall–Kier alpha value is -2.97. The van der Waals surface area contributed by atoms with Crippen molar-refractivity contribution in [3.05, 3.63) is 71.1 Å². The number of carbonyl (C=O) groups excluding carboxylic acids is 1. The fraction of sp³-hybridized carbons (Fsp3) is 0.393. The Kier molecular flexibility index (Phi) is 9.44. The van der Waals surface area contributed by atoms with Crippen LogP contribution in [0.1, 0.15) is 25.0 Å². The predicted octanol–water partition coefficient (Wildman–Crippen LogP) is 3.33. The zero-order valence-electron chi connectivity index (χ0n) is 23.3. The highest BCUT2D eigenvalue weighted by atomic mass is 32.2. The van der Waals surface area contributed by atoms with Crippen LogP contribution in [0.2, 0.25) is 0 Å². The molecule has 0 spiro atoms. The van der Waals surface area contributed by atoms with Crippen LogP contribution in [-0.4, -0.2) is 75.9 Å². The van der Waals surface area contributed by atoms with Crippen LogP contribution in [0.25, 0.3) is 0 Å². The summed E-state index contributed by atoms with van der Waals surface area (Å²) in [6, 6.07) is 13.9. The SMILES string of the molecule is Cc1ccc(S(=O)(=O)Nc2ccc3c(c2)CC(=O)N([C@H](C)CO)C[C@@H](C)[C@@H](CN(C)S(=O)(=O)c2cccs2)O3)cc1. The maximum Gasteiger partial charge on any atom is 0.261 e. The molecule has 0 radical (unpaired) electrons. The van der Waals surface area contributed by atoms with E-state index in [1.54, 1.807) is 59.7 Å². The van der Waals surface area contributed by atoms with Gasteiger partial charge in [0.2, 0.25) is 5.91 Å². The number of hydrogen-bond donors (Lipinski definition) is 2. The quantitative estimate of drug-likeness (QED) is 0.375. The highest BCUT2D eigenvalue weighted by molar-refractivity contribution is 7.92. The first-order valence-corrected chi connectivity index (χ1v) is 16.9. The number of anilines is 1. The number of aliphatic hydroxyl groups excluding tert-OH is 1. The van der Waals surface area contributed by atoms with Crippen LogP contribution < -0.4 is 9.46 Å². The Bertz CT molecular complexity index is 1570. The van der Waals surface area contributed by atoms with Gasteiger partial charge in [-0.25, -0.2) is 16.8 Å². The van der Waals surface area contributed by atoms with Gasteiger partial charge in [0.05, 0.1) is 30.5 Å². The maximum atomic E-state index is 13.4. The Morgan fingerprint density at radius 3 is 2.49 bits per heavy atom. The van der Waals surface area contributed by atoms with E-state index in [9.17, 15) is 26.7 Å². The van der Waals surface area contributed by atoms with E-state index in [1.165, 1.54) is 23.5 Å².